The van der Waals surface area contributed by atoms with Crippen LogP contribution in [0.3, 0.4) is 0 Å². The van der Waals surface area contributed by atoms with Crippen molar-refractivity contribution in [3.63, 3.8) is 0 Å². The lowest BCUT2D eigenvalue weighted by Gasteiger charge is -2.37. The van der Waals surface area contributed by atoms with Crippen molar-refractivity contribution in [2.24, 2.45) is 0 Å². The molecule has 5 nitrogen and oxygen atoms in total. The highest BCUT2D eigenvalue weighted by molar-refractivity contribution is 5.95. The van der Waals surface area contributed by atoms with Gasteiger partial charge < -0.3 is 15.1 Å². The number of hydrogen-bond acceptors (Lipinski definition) is 3. The first-order valence-electron chi connectivity index (χ1n) is 6.84. The van der Waals surface area contributed by atoms with Gasteiger partial charge in [0.1, 0.15) is 0 Å². The average Bonchev–Trinajstić information content (AvgIpc) is 2.42. The van der Waals surface area contributed by atoms with E-state index in [-0.39, 0.29) is 11.8 Å². The quantitative estimate of drug-likeness (QED) is 0.841. The van der Waals surface area contributed by atoms with Crippen LogP contribution in [0.5, 0.6) is 0 Å². The van der Waals surface area contributed by atoms with Gasteiger partial charge in [-0.1, -0.05) is 0 Å². The molecule has 0 aliphatic carbocycles. The zero-order valence-electron chi connectivity index (χ0n) is 12.2. The number of carbonyl (C=O) groups is 2. The normalized spacial score (nSPS) is 19.8. The van der Waals surface area contributed by atoms with E-state index in [0.29, 0.717) is 17.3 Å². The summed E-state index contributed by atoms with van der Waals surface area (Å²) in [5.41, 5.74) is 1.36. The van der Waals surface area contributed by atoms with Gasteiger partial charge in [-0.3, -0.25) is 4.79 Å². The van der Waals surface area contributed by atoms with Crippen LogP contribution < -0.4 is 5.32 Å². The molecule has 1 saturated heterocycles. The monoisotopic (exact) mass is 275 g/mol. The third-order valence-electron chi connectivity index (χ3n) is 3.79. The largest absolute Gasteiger partial charge is 0.322 e. The van der Waals surface area contributed by atoms with E-state index in [1.807, 2.05) is 4.90 Å². The van der Waals surface area contributed by atoms with E-state index in [9.17, 15) is 9.59 Å². The van der Waals surface area contributed by atoms with Crippen LogP contribution in [0.4, 0.5) is 10.5 Å². The Morgan fingerprint density at radius 3 is 2.40 bits per heavy atom. The van der Waals surface area contributed by atoms with Crippen LogP contribution in [-0.4, -0.2) is 54.3 Å². The minimum atomic E-state index is -0.0828. The number of nitrogens with zero attached hydrogens (tertiary/aromatic N) is 2. The number of amides is 2. The Labute approximate surface area is 119 Å². The van der Waals surface area contributed by atoms with Crippen molar-refractivity contribution < 1.29 is 9.59 Å². The molecule has 1 aliphatic heterocycles. The maximum absolute atomic E-state index is 12.2. The predicted octanol–water partition coefficient (Wildman–Crippen LogP) is 2.06. The van der Waals surface area contributed by atoms with Crippen LogP contribution in [0, 0.1) is 0 Å². The topological polar surface area (TPSA) is 52.7 Å². The van der Waals surface area contributed by atoms with Gasteiger partial charge in [0.15, 0.2) is 5.78 Å². The molecule has 108 valence electrons. The minimum absolute atomic E-state index is 0.0239. The van der Waals surface area contributed by atoms with E-state index >= 15 is 0 Å². The number of likely N-dealkylation sites (N-methyl/N-ethyl adjacent to an activating group) is 1. The second-order valence-electron chi connectivity index (χ2n) is 5.34. The van der Waals surface area contributed by atoms with Gasteiger partial charge in [-0.25, -0.2) is 4.79 Å². The van der Waals surface area contributed by atoms with Crippen LogP contribution in [0.2, 0.25) is 0 Å². The van der Waals surface area contributed by atoms with Crippen molar-refractivity contribution in [2.45, 2.75) is 19.9 Å². The highest BCUT2D eigenvalue weighted by Gasteiger charge is 2.24. The van der Waals surface area contributed by atoms with E-state index in [0.717, 1.165) is 19.6 Å². The first-order valence-corrected chi connectivity index (χ1v) is 6.84. The van der Waals surface area contributed by atoms with E-state index in [2.05, 4.69) is 24.2 Å². The number of hydrogen-bond donors (Lipinski definition) is 1. The summed E-state index contributed by atoms with van der Waals surface area (Å²) in [6, 6.07) is 7.26. The molecule has 0 spiro atoms. The molecule has 1 aromatic carbocycles. The van der Waals surface area contributed by atoms with Gasteiger partial charge >= 0.3 is 6.03 Å². The maximum atomic E-state index is 12.2. The number of Topliss-reactive ketones (excluding diaryl/α,β-unsaturated/α-hetero) is 1. The molecular formula is C15H21N3O2. The van der Waals surface area contributed by atoms with Crippen LogP contribution >= 0.6 is 0 Å². The highest BCUT2D eigenvalue weighted by Crippen LogP contribution is 2.13. The number of anilines is 1. The zero-order chi connectivity index (χ0) is 14.7. The lowest BCUT2D eigenvalue weighted by molar-refractivity contribution is 0.101. The van der Waals surface area contributed by atoms with Crippen molar-refractivity contribution in [1.82, 2.24) is 9.80 Å². The van der Waals surface area contributed by atoms with Gasteiger partial charge in [-0.15, -0.1) is 0 Å². The summed E-state index contributed by atoms with van der Waals surface area (Å²) in [5.74, 6) is 0.0239. The van der Waals surface area contributed by atoms with Gasteiger partial charge in [-0.05, 0) is 45.2 Å². The number of nitrogens with one attached hydrogen (secondary N) is 1. The fourth-order valence-electron chi connectivity index (χ4n) is 2.22. The lowest BCUT2D eigenvalue weighted by atomic mass is 10.1. The number of benzene rings is 1. The first-order chi connectivity index (χ1) is 9.47. The van der Waals surface area contributed by atoms with Gasteiger partial charge in [0, 0.05) is 36.9 Å². The van der Waals surface area contributed by atoms with Crippen LogP contribution in [0.25, 0.3) is 0 Å². The third kappa shape index (κ3) is 3.36. The second kappa shape index (κ2) is 6.05. The second-order valence-corrected chi connectivity index (χ2v) is 5.34. The molecule has 5 heteroatoms. The average molecular weight is 275 g/mol. The molecule has 2 amide bonds. The Hall–Kier alpha value is -1.88. The summed E-state index contributed by atoms with van der Waals surface area (Å²) in [4.78, 5) is 27.4. The van der Waals surface area contributed by atoms with Gasteiger partial charge in [0.05, 0.1) is 0 Å². The van der Waals surface area contributed by atoms with Crippen molar-refractivity contribution in [3.05, 3.63) is 29.8 Å². The maximum Gasteiger partial charge on any atom is 0.321 e. The molecule has 0 radical (unpaired) electrons. The summed E-state index contributed by atoms with van der Waals surface area (Å²) >= 11 is 0. The number of ketones is 1. The molecule has 2 rings (SSSR count). The summed E-state index contributed by atoms with van der Waals surface area (Å²) in [7, 11) is 2.07. The summed E-state index contributed by atoms with van der Waals surface area (Å²) in [5, 5.41) is 2.87. The number of urea groups is 1. The van der Waals surface area contributed by atoms with Crippen molar-refractivity contribution in [1.29, 1.82) is 0 Å². The number of rotatable bonds is 2. The molecule has 1 atom stereocenters. The zero-order valence-corrected chi connectivity index (χ0v) is 12.2. The SMILES string of the molecule is CC(=O)c1ccc(NC(=O)N2CCN(C)C(C)C2)cc1. The van der Waals surface area contributed by atoms with Gasteiger partial charge in [0.25, 0.3) is 0 Å². The van der Waals surface area contributed by atoms with E-state index < -0.39 is 0 Å². The number of carbonyl (C=O) groups excluding carboxylic acids is 2. The summed E-state index contributed by atoms with van der Waals surface area (Å²) < 4.78 is 0. The Morgan fingerprint density at radius 2 is 1.85 bits per heavy atom. The molecule has 1 aliphatic rings. The minimum Gasteiger partial charge on any atom is -0.322 e. The Balaban J connectivity index is 1.96. The fraction of sp³-hybridized carbons (Fsp3) is 0.467. The Morgan fingerprint density at radius 1 is 1.20 bits per heavy atom. The molecule has 1 fully saturated rings. The molecule has 1 aromatic rings. The van der Waals surface area contributed by atoms with Gasteiger partial charge in [0.2, 0.25) is 0 Å². The van der Waals surface area contributed by atoms with Crippen molar-refractivity contribution in [2.75, 3.05) is 32.0 Å². The fourth-order valence-corrected chi connectivity index (χ4v) is 2.22. The Bertz CT molecular complexity index is 498. The smallest absolute Gasteiger partial charge is 0.321 e. The molecule has 20 heavy (non-hydrogen) atoms. The molecule has 0 saturated carbocycles. The summed E-state index contributed by atoms with van der Waals surface area (Å²) in [6.45, 7) is 5.99. The lowest BCUT2D eigenvalue weighted by Crippen LogP contribution is -2.53. The molecule has 1 heterocycles. The van der Waals surface area contributed by atoms with Crippen molar-refractivity contribution >= 4 is 17.5 Å². The number of piperazine rings is 1. The molecule has 0 bridgehead atoms. The van der Waals surface area contributed by atoms with Crippen LogP contribution in [0.15, 0.2) is 24.3 Å². The van der Waals surface area contributed by atoms with Crippen LogP contribution in [-0.2, 0) is 0 Å². The van der Waals surface area contributed by atoms with Crippen LogP contribution in [0.1, 0.15) is 24.2 Å². The van der Waals surface area contributed by atoms with E-state index in [1.54, 1.807) is 24.3 Å². The molecular weight excluding hydrogens is 254 g/mol. The van der Waals surface area contributed by atoms with Gasteiger partial charge in [-0.2, -0.15) is 0 Å². The summed E-state index contributed by atoms with van der Waals surface area (Å²) in [6.07, 6.45) is 0. The molecule has 1 unspecified atom stereocenters. The first kappa shape index (κ1) is 14.5. The van der Waals surface area contributed by atoms with Crippen molar-refractivity contribution in [3.8, 4) is 0 Å². The molecule has 0 aromatic heterocycles. The Kier molecular flexibility index (Phi) is 4.39. The van der Waals surface area contributed by atoms with E-state index in [1.165, 1.54) is 6.92 Å². The third-order valence-corrected chi connectivity index (χ3v) is 3.79. The predicted molar refractivity (Wildman–Crippen MR) is 79.1 cm³/mol. The van der Waals surface area contributed by atoms with E-state index in [4.69, 9.17) is 0 Å². The standard InChI is InChI=1S/C15H21N3O2/c1-11-10-18(9-8-17(11)3)15(20)16-14-6-4-13(5-7-14)12(2)19/h4-7,11H,8-10H2,1-3H3,(H,16,20). The highest BCUT2D eigenvalue weighted by atomic mass is 16.2. The molecule has 1 N–H and O–H groups in total.